The number of halogens is 3. The van der Waals surface area contributed by atoms with E-state index in [1.807, 2.05) is 0 Å². The predicted octanol–water partition coefficient (Wildman–Crippen LogP) is 3.51. The fourth-order valence-corrected chi connectivity index (χ4v) is 3.97. The molecule has 0 N–H and O–H groups in total. The maximum absolute atomic E-state index is 12.5. The van der Waals surface area contributed by atoms with Crippen LogP contribution in [-0.2, 0) is 15.9 Å². The summed E-state index contributed by atoms with van der Waals surface area (Å²) >= 11 is 1.12. The molecule has 0 bridgehead atoms. The molecule has 2 aromatic heterocycles. The van der Waals surface area contributed by atoms with Crippen LogP contribution < -0.4 is 0 Å². The van der Waals surface area contributed by atoms with Gasteiger partial charge in [-0.3, -0.25) is 4.79 Å². The Morgan fingerprint density at radius 1 is 1.27 bits per heavy atom. The van der Waals surface area contributed by atoms with Gasteiger partial charge in [-0.25, -0.2) is 9.19 Å². The van der Waals surface area contributed by atoms with Crippen LogP contribution in [0.3, 0.4) is 0 Å². The van der Waals surface area contributed by atoms with E-state index >= 15 is 0 Å². The molecule has 1 unspecified atom stereocenters. The highest BCUT2D eigenvalue weighted by molar-refractivity contribution is 7.95. The number of carbonyl (C=O) groups excluding carboxylic acids is 1. The summed E-state index contributed by atoms with van der Waals surface area (Å²) in [4.78, 5) is 19.3. The van der Waals surface area contributed by atoms with Crippen LogP contribution in [-0.4, -0.2) is 31.5 Å². The van der Waals surface area contributed by atoms with Crippen molar-refractivity contribution in [3.05, 3.63) is 47.3 Å². The molecule has 3 aromatic rings. The number of alkyl halides is 3. The quantitative estimate of drug-likeness (QED) is 0.665. The van der Waals surface area contributed by atoms with E-state index in [9.17, 15) is 22.2 Å². The molecular formula is C14H9F3N4O3S2. The molecule has 136 valence electrons. The standard InChI is InChI=1S/C14H9F3N4O3S2/c1-26(23,13-18-6-7-25-13)21-11(22)9-4-2-8(3-5-9)10-19-12(24-20-10)14(15,16)17/h2-7H,1H3. The second-order valence-corrected chi connectivity index (χ2v) is 8.32. The lowest BCUT2D eigenvalue weighted by Gasteiger charge is -2.01. The Morgan fingerprint density at radius 3 is 2.50 bits per heavy atom. The summed E-state index contributed by atoms with van der Waals surface area (Å²) in [5.74, 6) is -2.46. The fourth-order valence-electron chi connectivity index (χ4n) is 1.87. The maximum atomic E-state index is 12.5. The molecule has 1 amide bonds. The van der Waals surface area contributed by atoms with Crippen LogP contribution >= 0.6 is 11.3 Å². The van der Waals surface area contributed by atoms with E-state index in [1.165, 1.54) is 36.7 Å². The van der Waals surface area contributed by atoms with Crippen molar-refractivity contribution in [2.75, 3.05) is 6.26 Å². The summed E-state index contributed by atoms with van der Waals surface area (Å²) in [6.07, 6.45) is -1.98. The number of benzene rings is 1. The van der Waals surface area contributed by atoms with Gasteiger partial charge in [-0.1, -0.05) is 17.3 Å². The van der Waals surface area contributed by atoms with E-state index in [4.69, 9.17) is 0 Å². The van der Waals surface area contributed by atoms with Crippen molar-refractivity contribution in [2.45, 2.75) is 10.5 Å². The van der Waals surface area contributed by atoms with E-state index in [-0.39, 0.29) is 21.3 Å². The first kappa shape index (κ1) is 18.2. The first-order valence-corrected chi connectivity index (χ1v) is 9.64. The summed E-state index contributed by atoms with van der Waals surface area (Å²) < 4.78 is 57.9. The molecule has 0 saturated carbocycles. The fraction of sp³-hybridized carbons (Fsp3) is 0.143. The Kier molecular flexibility index (Phi) is 4.63. The lowest BCUT2D eigenvalue weighted by molar-refractivity contribution is -0.159. The summed E-state index contributed by atoms with van der Waals surface area (Å²) in [7, 11) is -2.97. The third kappa shape index (κ3) is 3.80. The van der Waals surface area contributed by atoms with Crippen molar-refractivity contribution >= 4 is 27.0 Å². The summed E-state index contributed by atoms with van der Waals surface area (Å²) in [6, 6.07) is 5.33. The van der Waals surface area contributed by atoms with Crippen LogP contribution in [0.25, 0.3) is 11.4 Å². The van der Waals surface area contributed by atoms with Gasteiger partial charge >= 0.3 is 12.1 Å². The lowest BCUT2D eigenvalue weighted by Crippen LogP contribution is -2.05. The molecule has 0 fully saturated rings. The molecule has 1 atom stereocenters. The Labute approximate surface area is 149 Å². The predicted molar refractivity (Wildman–Crippen MR) is 85.9 cm³/mol. The Balaban J connectivity index is 1.85. The van der Waals surface area contributed by atoms with E-state index in [0.717, 1.165) is 11.3 Å². The Bertz CT molecular complexity index is 1050. The maximum Gasteiger partial charge on any atom is 0.471 e. The smallest absolute Gasteiger partial charge is 0.329 e. The number of aromatic nitrogens is 3. The molecule has 0 aliphatic heterocycles. The summed E-state index contributed by atoms with van der Waals surface area (Å²) in [6.45, 7) is 0. The topological polar surface area (TPSA) is 98.3 Å². The van der Waals surface area contributed by atoms with Gasteiger partial charge in [0.2, 0.25) is 5.82 Å². The average molecular weight is 402 g/mol. The molecule has 0 radical (unpaired) electrons. The zero-order chi connectivity index (χ0) is 18.9. The zero-order valence-electron chi connectivity index (χ0n) is 12.9. The van der Waals surface area contributed by atoms with Crippen LogP contribution in [0.1, 0.15) is 16.2 Å². The van der Waals surface area contributed by atoms with Gasteiger partial charge in [-0.05, 0) is 12.1 Å². The average Bonchev–Trinajstić information content (AvgIpc) is 3.26. The zero-order valence-corrected chi connectivity index (χ0v) is 14.6. The third-order valence-electron chi connectivity index (χ3n) is 3.05. The summed E-state index contributed by atoms with van der Waals surface area (Å²) in [5, 5.41) is 4.87. The van der Waals surface area contributed by atoms with Gasteiger partial charge in [-0.15, -0.1) is 11.3 Å². The van der Waals surface area contributed by atoms with Crippen molar-refractivity contribution in [2.24, 2.45) is 4.36 Å². The number of rotatable bonds is 3. The minimum Gasteiger partial charge on any atom is -0.329 e. The van der Waals surface area contributed by atoms with Crippen LogP contribution in [0.5, 0.6) is 0 Å². The van der Waals surface area contributed by atoms with Crippen molar-refractivity contribution in [3.63, 3.8) is 0 Å². The minimum absolute atomic E-state index is 0.111. The lowest BCUT2D eigenvalue weighted by atomic mass is 10.1. The van der Waals surface area contributed by atoms with Crippen LogP contribution in [0.4, 0.5) is 13.2 Å². The number of thiazole rings is 1. The van der Waals surface area contributed by atoms with Gasteiger partial charge in [0.25, 0.3) is 5.91 Å². The molecule has 2 heterocycles. The Hall–Kier alpha value is -2.60. The van der Waals surface area contributed by atoms with Crippen molar-refractivity contribution < 1.29 is 26.7 Å². The number of carbonyl (C=O) groups is 1. The van der Waals surface area contributed by atoms with E-state index < -0.39 is 27.7 Å². The molecule has 0 aliphatic carbocycles. The largest absolute Gasteiger partial charge is 0.471 e. The molecule has 26 heavy (non-hydrogen) atoms. The molecule has 12 heteroatoms. The van der Waals surface area contributed by atoms with Crippen LogP contribution in [0, 0.1) is 0 Å². The number of hydrogen-bond acceptors (Lipinski definition) is 7. The van der Waals surface area contributed by atoms with Crippen LogP contribution in [0.2, 0.25) is 0 Å². The van der Waals surface area contributed by atoms with Gasteiger partial charge in [0.05, 0.1) is 0 Å². The van der Waals surface area contributed by atoms with E-state index in [0.29, 0.717) is 0 Å². The second kappa shape index (κ2) is 6.61. The summed E-state index contributed by atoms with van der Waals surface area (Å²) in [5.41, 5.74) is 0.331. The molecule has 0 aliphatic rings. The van der Waals surface area contributed by atoms with Gasteiger partial charge < -0.3 is 4.52 Å². The number of hydrogen-bond donors (Lipinski definition) is 0. The first-order valence-electron chi connectivity index (χ1n) is 6.84. The third-order valence-corrected chi connectivity index (χ3v) is 6.10. The molecule has 7 nitrogen and oxygen atoms in total. The number of amides is 1. The molecule has 1 aromatic carbocycles. The SMILES string of the molecule is CS(=O)(=NC(=O)c1ccc(-c2noc(C(F)(F)F)n2)cc1)c1nccs1. The monoisotopic (exact) mass is 402 g/mol. The number of nitrogens with zero attached hydrogens (tertiary/aromatic N) is 4. The second-order valence-electron chi connectivity index (χ2n) is 5.00. The highest BCUT2D eigenvalue weighted by atomic mass is 32.2. The highest BCUT2D eigenvalue weighted by Crippen LogP contribution is 2.29. The van der Waals surface area contributed by atoms with Crippen molar-refractivity contribution in [1.82, 2.24) is 15.1 Å². The van der Waals surface area contributed by atoms with E-state index in [1.54, 1.807) is 5.38 Å². The van der Waals surface area contributed by atoms with Gasteiger partial charge in [0.15, 0.2) is 4.34 Å². The van der Waals surface area contributed by atoms with Gasteiger partial charge in [0.1, 0.15) is 9.73 Å². The van der Waals surface area contributed by atoms with E-state index in [2.05, 4.69) is 24.0 Å². The van der Waals surface area contributed by atoms with Gasteiger partial charge in [-0.2, -0.15) is 22.5 Å². The molecule has 0 saturated heterocycles. The first-order chi connectivity index (χ1) is 12.2. The molecular weight excluding hydrogens is 393 g/mol. The van der Waals surface area contributed by atoms with Crippen LogP contribution in [0.15, 0.2) is 49.1 Å². The molecule has 3 rings (SSSR count). The minimum atomic E-state index is -4.74. The Morgan fingerprint density at radius 2 is 1.96 bits per heavy atom. The van der Waals surface area contributed by atoms with Gasteiger partial charge in [0, 0.05) is 29.0 Å². The van der Waals surface area contributed by atoms with Crippen molar-refractivity contribution in [3.8, 4) is 11.4 Å². The normalized spacial score (nSPS) is 14.0. The molecule has 0 spiro atoms. The van der Waals surface area contributed by atoms with Crippen molar-refractivity contribution in [1.29, 1.82) is 0 Å². The highest BCUT2D eigenvalue weighted by Gasteiger charge is 2.38.